The van der Waals surface area contributed by atoms with E-state index in [1.165, 1.54) is 11.1 Å². The molecule has 1 aromatic rings. The van der Waals surface area contributed by atoms with Gasteiger partial charge in [0.05, 0.1) is 6.04 Å². The van der Waals surface area contributed by atoms with E-state index in [0.717, 1.165) is 26.2 Å². The minimum atomic E-state index is -0.762. The molecule has 2 N–H and O–H groups in total. The number of rotatable bonds is 3. The fraction of sp³-hybridized carbons (Fsp3) is 0.444. The van der Waals surface area contributed by atoms with Crippen molar-refractivity contribution in [2.45, 2.75) is 31.5 Å². The van der Waals surface area contributed by atoms with Crippen LogP contribution >= 0.6 is 0 Å². The van der Waals surface area contributed by atoms with E-state index in [4.69, 9.17) is 0 Å². The van der Waals surface area contributed by atoms with Gasteiger partial charge in [-0.2, -0.15) is 0 Å². The van der Waals surface area contributed by atoms with E-state index in [-0.39, 0.29) is 6.04 Å². The molecule has 1 fully saturated rings. The van der Waals surface area contributed by atoms with Crippen LogP contribution in [0.25, 0.3) is 0 Å². The third kappa shape index (κ3) is 3.26. The minimum Gasteiger partial charge on any atom is -0.384 e. The second kappa shape index (κ2) is 6.14. The lowest BCUT2D eigenvalue weighted by atomic mass is 9.83. The molecule has 0 bridgehead atoms. The topological polar surface area (TPSA) is 35.5 Å². The highest BCUT2D eigenvalue weighted by Gasteiger charge is 2.39. The number of piperazine rings is 1. The van der Waals surface area contributed by atoms with Crippen LogP contribution in [-0.2, 0) is 6.54 Å². The van der Waals surface area contributed by atoms with Gasteiger partial charge in [0.1, 0.15) is 5.60 Å². The highest BCUT2D eigenvalue weighted by molar-refractivity contribution is 5.28. The maximum Gasteiger partial charge on any atom is 0.103 e. The molecular weight excluding hydrogens is 260 g/mol. The molecule has 0 unspecified atom stereocenters. The van der Waals surface area contributed by atoms with Gasteiger partial charge >= 0.3 is 0 Å². The number of nitrogens with zero attached hydrogens (tertiary/aromatic N) is 1. The molecule has 0 saturated carbocycles. The average Bonchev–Trinajstić information content (AvgIpc) is 2.52. The summed E-state index contributed by atoms with van der Waals surface area (Å²) in [4.78, 5) is 2.41. The van der Waals surface area contributed by atoms with E-state index in [2.05, 4.69) is 47.5 Å². The quantitative estimate of drug-likeness (QED) is 0.892. The van der Waals surface area contributed by atoms with Crippen LogP contribution in [0, 0.1) is 0 Å². The van der Waals surface area contributed by atoms with Crippen LogP contribution in [0.3, 0.4) is 0 Å². The summed E-state index contributed by atoms with van der Waals surface area (Å²) in [6.07, 6.45) is 6.86. The normalized spacial score (nSPS) is 30.2. The lowest BCUT2D eigenvalue weighted by Crippen LogP contribution is -2.61. The Labute approximate surface area is 127 Å². The first-order valence-electron chi connectivity index (χ1n) is 7.74. The molecular formula is C18H24N2O. The van der Waals surface area contributed by atoms with Crippen molar-refractivity contribution in [3.05, 3.63) is 59.7 Å². The van der Waals surface area contributed by atoms with E-state index in [0.29, 0.717) is 6.42 Å². The van der Waals surface area contributed by atoms with Crippen LogP contribution in [0.2, 0.25) is 0 Å². The first kappa shape index (κ1) is 14.5. The van der Waals surface area contributed by atoms with E-state index in [1.54, 1.807) is 0 Å². The SMILES string of the molecule is CC1=CC[C@](O)([C@@H]2CNCCN2Cc2ccccc2)C=C1. The van der Waals surface area contributed by atoms with Gasteiger partial charge in [-0.15, -0.1) is 0 Å². The molecule has 1 aromatic carbocycles. The standard InChI is InChI=1S/C18H24N2O/c1-15-7-9-18(21,10-8-15)17-13-19-11-12-20(17)14-16-5-3-2-4-6-16/h2-9,17,19,21H,10-14H2,1H3/t17-,18-/m0/s1. The molecule has 3 rings (SSSR count). The molecule has 0 radical (unpaired) electrons. The maximum atomic E-state index is 11.0. The highest BCUT2D eigenvalue weighted by atomic mass is 16.3. The van der Waals surface area contributed by atoms with Crippen LogP contribution in [0.4, 0.5) is 0 Å². The Morgan fingerprint density at radius 2 is 2.14 bits per heavy atom. The second-order valence-corrected chi connectivity index (χ2v) is 6.15. The number of allylic oxidation sites excluding steroid dienone is 2. The van der Waals surface area contributed by atoms with Crippen LogP contribution in [-0.4, -0.2) is 41.3 Å². The summed E-state index contributed by atoms with van der Waals surface area (Å²) in [5, 5.41) is 14.5. The Hall–Kier alpha value is -1.42. The van der Waals surface area contributed by atoms with Gasteiger partial charge in [-0.3, -0.25) is 4.90 Å². The van der Waals surface area contributed by atoms with Crippen LogP contribution in [0.5, 0.6) is 0 Å². The predicted octanol–water partition coefficient (Wildman–Crippen LogP) is 2.10. The number of aliphatic hydroxyl groups is 1. The van der Waals surface area contributed by atoms with Crippen LogP contribution < -0.4 is 5.32 Å². The summed E-state index contributed by atoms with van der Waals surface area (Å²) in [5.74, 6) is 0. The van der Waals surface area contributed by atoms with Gasteiger partial charge in [-0.25, -0.2) is 0 Å². The Morgan fingerprint density at radius 3 is 2.86 bits per heavy atom. The third-order valence-corrected chi connectivity index (χ3v) is 4.55. The van der Waals surface area contributed by atoms with E-state index < -0.39 is 5.60 Å². The lowest BCUT2D eigenvalue weighted by Gasteiger charge is -2.45. The first-order valence-corrected chi connectivity index (χ1v) is 7.74. The van der Waals surface area contributed by atoms with Crippen LogP contribution in [0.1, 0.15) is 18.9 Å². The van der Waals surface area contributed by atoms with Gasteiger partial charge in [0.15, 0.2) is 0 Å². The summed E-state index contributed by atoms with van der Waals surface area (Å²) >= 11 is 0. The van der Waals surface area contributed by atoms with Gasteiger partial charge in [0.2, 0.25) is 0 Å². The molecule has 2 atom stereocenters. The van der Waals surface area contributed by atoms with Gasteiger partial charge in [0.25, 0.3) is 0 Å². The lowest BCUT2D eigenvalue weighted by molar-refractivity contribution is -0.0237. The fourth-order valence-electron chi connectivity index (χ4n) is 3.23. The van der Waals surface area contributed by atoms with Crippen molar-refractivity contribution >= 4 is 0 Å². The molecule has 1 saturated heterocycles. The highest BCUT2D eigenvalue weighted by Crippen LogP contribution is 2.29. The summed E-state index contributed by atoms with van der Waals surface area (Å²) in [7, 11) is 0. The van der Waals surface area contributed by atoms with E-state index in [9.17, 15) is 5.11 Å². The predicted molar refractivity (Wildman–Crippen MR) is 86.0 cm³/mol. The van der Waals surface area contributed by atoms with E-state index >= 15 is 0 Å². The molecule has 2 aliphatic rings. The zero-order valence-electron chi connectivity index (χ0n) is 12.6. The van der Waals surface area contributed by atoms with E-state index in [1.807, 2.05) is 18.2 Å². The molecule has 0 amide bonds. The van der Waals surface area contributed by atoms with Gasteiger partial charge in [-0.1, -0.05) is 54.1 Å². The van der Waals surface area contributed by atoms with Crippen LogP contribution in [0.15, 0.2) is 54.1 Å². The van der Waals surface area contributed by atoms with Crippen molar-refractivity contribution in [2.75, 3.05) is 19.6 Å². The van der Waals surface area contributed by atoms with Crippen molar-refractivity contribution in [2.24, 2.45) is 0 Å². The summed E-state index contributed by atoms with van der Waals surface area (Å²) in [5.41, 5.74) is 1.78. The van der Waals surface area contributed by atoms with Gasteiger partial charge in [0, 0.05) is 26.2 Å². The number of hydrogen-bond acceptors (Lipinski definition) is 3. The third-order valence-electron chi connectivity index (χ3n) is 4.55. The van der Waals surface area contributed by atoms with Crippen molar-refractivity contribution < 1.29 is 5.11 Å². The molecule has 112 valence electrons. The van der Waals surface area contributed by atoms with Crippen molar-refractivity contribution in [3.8, 4) is 0 Å². The second-order valence-electron chi connectivity index (χ2n) is 6.15. The monoisotopic (exact) mass is 284 g/mol. The van der Waals surface area contributed by atoms with Crippen molar-refractivity contribution in [3.63, 3.8) is 0 Å². The average molecular weight is 284 g/mol. The zero-order valence-corrected chi connectivity index (χ0v) is 12.6. The molecule has 3 heteroatoms. The molecule has 1 aliphatic heterocycles. The molecule has 3 nitrogen and oxygen atoms in total. The zero-order chi connectivity index (χ0) is 14.7. The molecule has 21 heavy (non-hydrogen) atoms. The number of benzene rings is 1. The molecule has 1 heterocycles. The summed E-state index contributed by atoms with van der Waals surface area (Å²) in [6, 6.07) is 10.6. The molecule has 0 aromatic heterocycles. The Bertz CT molecular complexity index is 537. The first-order chi connectivity index (χ1) is 10.2. The Morgan fingerprint density at radius 1 is 1.33 bits per heavy atom. The maximum absolute atomic E-state index is 11.0. The minimum absolute atomic E-state index is 0.118. The van der Waals surface area contributed by atoms with Gasteiger partial charge in [-0.05, 0) is 18.9 Å². The molecule has 0 spiro atoms. The largest absolute Gasteiger partial charge is 0.384 e. The van der Waals surface area contributed by atoms with Crippen molar-refractivity contribution in [1.82, 2.24) is 10.2 Å². The smallest absolute Gasteiger partial charge is 0.103 e. The number of hydrogen-bond donors (Lipinski definition) is 2. The Kier molecular flexibility index (Phi) is 4.24. The molecule has 1 aliphatic carbocycles. The number of nitrogens with one attached hydrogen (secondary N) is 1. The summed E-state index contributed by atoms with van der Waals surface area (Å²) < 4.78 is 0. The fourth-order valence-corrected chi connectivity index (χ4v) is 3.23. The summed E-state index contributed by atoms with van der Waals surface area (Å²) in [6.45, 7) is 5.76. The Balaban J connectivity index is 1.77. The van der Waals surface area contributed by atoms with Crippen molar-refractivity contribution in [1.29, 1.82) is 0 Å². The van der Waals surface area contributed by atoms with Gasteiger partial charge < -0.3 is 10.4 Å².